The Hall–Kier alpha value is -2.89. The smallest absolute Gasteiger partial charge is 0.272 e. The van der Waals surface area contributed by atoms with E-state index in [-0.39, 0.29) is 5.91 Å². The van der Waals surface area contributed by atoms with E-state index >= 15 is 0 Å². The molecule has 0 atom stereocenters. The Morgan fingerprint density at radius 1 is 1.04 bits per heavy atom. The molecule has 1 saturated heterocycles. The van der Waals surface area contributed by atoms with Crippen LogP contribution in [0.5, 0.6) is 0 Å². The predicted octanol–water partition coefficient (Wildman–Crippen LogP) is 2.44. The molecular formula is C18H17N5O. The second-order valence-electron chi connectivity index (χ2n) is 5.95. The van der Waals surface area contributed by atoms with Crippen LogP contribution in [-0.4, -0.2) is 43.8 Å². The number of fused-ring (bicyclic) bond motifs is 1. The summed E-state index contributed by atoms with van der Waals surface area (Å²) in [7, 11) is 0. The fourth-order valence-electron chi connectivity index (χ4n) is 3.15. The van der Waals surface area contributed by atoms with E-state index in [1.807, 2.05) is 17.0 Å². The lowest BCUT2D eigenvalue weighted by atomic mass is 9.92. The van der Waals surface area contributed by atoms with Crippen LogP contribution in [0.25, 0.3) is 11.0 Å². The fourth-order valence-corrected chi connectivity index (χ4v) is 3.15. The largest absolute Gasteiger partial charge is 0.337 e. The summed E-state index contributed by atoms with van der Waals surface area (Å²) in [5, 5.41) is 1.05. The predicted molar refractivity (Wildman–Crippen MR) is 89.4 cm³/mol. The number of piperidine rings is 1. The Kier molecular flexibility index (Phi) is 3.86. The Balaban J connectivity index is 1.46. The van der Waals surface area contributed by atoms with E-state index in [1.54, 1.807) is 18.5 Å². The summed E-state index contributed by atoms with van der Waals surface area (Å²) >= 11 is 0. The van der Waals surface area contributed by atoms with Crippen LogP contribution < -0.4 is 0 Å². The maximum absolute atomic E-state index is 12.4. The number of hydrogen-bond acceptors (Lipinski definition) is 5. The van der Waals surface area contributed by atoms with E-state index in [9.17, 15) is 4.79 Å². The van der Waals surface area contributed by atoms with Crippen molar-refractivity contribution in [3.05, 3.63) is 60.4 Å². The highest BCUT2D eigenvalue weighted by atomic mass is 16.2. The summed E-state index contributed by atoms with van der Waals surface area (Å²) in [5.74, 6) is 0.342. The van der Waals surface area contributed by atoms with E-state index in [0.717, 1.165) is 42.7 Å². The SMILES string of the molecule is O=C(c1ccncn1)N1CCC(c2ccc3cccnc3n2)CC1. The van der Waals surface area contributed by atoms with Gasteiger partial charge in [0.25, 0.3) is 5.91 Å². The van der Waals surface area contributed by atoms with Gasteiger partial charge in [0.05, 0.1) is 0 Å². The van der Waals surface area contributed by atoms with Crippen LogP contribution in [0.3, 0.4) is 0 Å². The van der Waals surface area contributed by atoms with Gasteiger partial charge in [0.2, 0.25) is 0 Å². The molecule has 0 unspecified atom stereocenters. The molecule has 1 amide bonds. The van der Waals surface area contributed by atoms with Crippen molar-refractivity contribution in [1.29, 1.82) is 0 Å². The van der Waals surface area contributed by atoms with Crippen LogP contribution in [0.4, 0.5) is 0 Å². The highest BCUT2D eigenvalue weighted by molar-refractivity contribution is 5.92. The molecule has 0 aromatic carbocycles. The first kappa shape index (κ1) is 14.7. The molecule has 24 heavy (non-hydrogen) atoms. The topological polar surface area (TPSA) is 71.9 Å². The maximum atomic E-state index is 12.4. The van der Waals surface area contributed by atoms with E-state index in [1.165, 1.54) is 6.33 Å². The number of amides is 1. The van der Waals surface area contributed by atoms with Crippen molar-refractivity contribution in [3.63, 3.8) is 0 Å². The van der Waals surface area contributed by atoms with Gasteiger partial charge in [-0.3, -0.25) is 4.79 Å². The molecule has 0 radical (unpaired) electrons. The van der Waals surface area contributed by atoms with Crippen molar-refractivity contribution >= 4 is 16.9 Å². The molecule has 6 nitrogen and oxygen atoms in total. The lowest BCUT2D eigenvalue weighted by Crippen LogP contribution is -2.38. The van der Waals surface area contributed by atoms with Gasteiger partial charge in [0, 0.05) is 42.5 Å². The number of pyridine rings is 2. The molecule has 1 aliphatic rings. The quantitative estimate of drug-likeness (QED) is 0.725. The van der Waals surface area contributed by atoms with Crippen molar-refractivity contribution in [2.24, 2.45) is 0 Å². The van der Waals surface area contributed by atoms with Gasteiger partial charge in [-0.05, 0) is 43.2 Å². The van der Waals surface area contributed by atoms with Crippen LogP contribution in [0.1, 0.15) is 34.9 Å². The molecule has 3 aromatic heterocycles. The van der Waals surface area contributed by atoms with Crippen LogP contribution in [0, 0.1) is 0 Å². The van der Waals surface area contributed by atoms with Crippen LogP contribution >= 0.6 is 0 Å². The van der Waals surface area contributed by atoms with E-state index in [4.69, 9.17) is 4.98 Å². The minimum atomic E-state index is -0.0241. The van der Waals surface area contributed by atoms with Crippen molar-refractivity contribution < 1.29 is 4.79 Å². The average Bonchev–Trinajstić information content (AvgIpc) is 2.68. The minimum absolute atomic E-state index is 0.0241. The highest BCUT2D eigenvalue weighted by Gasteiger charge is 2.26. The zero-order valence-electron chi connectivity index (χ0n) is 13.2. The number of carbonyl (C=O) groups excluding carboxylic acids is 1. The Morgan fingerprint density at radius 2 is 1.92 bits per heavy atom. The highest BCUT2D eigenvalue weighted by Crippen LogP contribution is 2.28. The second-order valence-corrected chi connectivity index (χ2v) is 5.95. The van der Waals surface area contributed by atoms with Crippen LogP contribution in [0.2, 0.25) is 0 Å². The second kappa shape index (κ2) is 6.31. The van der Waals surface area contributed by atoms with E-state index < -0.39 is 0 Å². The van der Waals surface area contributed by atoms with Gasteiger partial charge in [-0.25, -0.2) is 19.9 Å². The number of hydrogen-bond donors (Lipinski definition) is 0. The molecular weight excluding hydrogens is 302 g/mol. The summed E-state index contributed by atoms with van der Waals surface area (Å²) < 4.78 is 0. The number of likely N-dealkylation sites (tertiary alicyclic amines) is 1. The first-order valence-corrected chi connectivity index (χ1v) is 8.08. The number of carbonyl (C=O) groups is 1. The molecule has 0 spiro atoms. The zero-order chi connectivity index (χ0) is 16.4. The maximum Gasteiger partial charge on any atom is 0.272 e. The summed E-state index contributed by atoms with van der Waals surface area (Å²) in [6.45, 7) is 1.44. The first-order chi connectivity index (χ1) is 11.8. The fraction of sp³-hybridized carbons (Fsp3) is 0.278. The molecule has 0 bridgehead atoms. The monoisotopic (exact) mass is 319 g/mol. The third-order valence-electron chi connectivity index (χ3n) is 4.49. The number of nitrogens with zero attached hydrogens (tertiary/aromatic N) is 5. The molecule has 4 heterocycles. The Morgan fingerprint density at radius 3 is 2.71 bits per heavy atom. The molecule has 1 aliphatic heterocycles. The van der Waals surface area contributed by atoms with Gasteiger partial charge >= 0.3 is 0 Å². The molecule has 3 aromatic rings. The Labute approximate surface area is 139 Å². The third-order valence-corrected chi connectivity index (χ3v) is 4.49. The zero-order valence-corrected chi connectivity index (χ0v) is 13.2. The summed E-state index contributed by atoms with van der Waals surface area (Å²) in [6, 6.07) is 9.74. The molecule has 0 saturated carbocycles. The van der Waals surface area contributed by atoms with Gasteiger partial charge in [0.1, 0.15) is 12.0 Å². The third kappa shape index (κ3) is 2.82. The normalized spacial score (nSPS) is 15.6. The first-order valence-electron chi connectivity index (χ1n) is 8.08. The van der Waals surface area contributed by atoms with Gasteiger partial charge in [0.15, 0.2) is 5.65 Å². The average molecular weight is 319 g/mol. The van der Waals surface area contributed by atoms with Gasteiger partial charge < -0.3 is 4.90 Å². The van der Waals surface area contributed by atoms with Crippen molar-refractivity contribution in [2.75, 3.05) is 13.1 Å². The lowest BCUT2D eigenvalue weighted by molar-refractivity contribution is 0.0706. The number of rotatable bonds is 2. The molecule has 6 heteroatoms. The summed E-state index contributed by atoms with van der Waals surface area (Å²) in [5.41, 5.74) is 2.31. The van der Waals surface area contributed by atoms with Crippen molar-refractivity contribution in [2.45, 2.75) is 18.8 Å². The Bertz CT molecular complexity index is 859. The number of aromatic nitrogens is 4. The van der Waals surface area contributed by atoms with Crippen molar-refractivity contribution in [3.8, 4) is 0 Å². The molecule has 0 N–H and O–H groups in total. The standard InChI is InChI=1S/C18H17N5O/c24-18(16-5-9-19-12-21-16)23-10-6-13(7-11-23)15-4-3-14-2-1-8-20-17(14)22-15/h1-5,8-9,12-13H,6-7,10-11H2. The van der Waals surface area contributed by atoms with E-state index in [2.05, 4.69) is 27.1 Å². The van der Waals surface area contributed by atoms with Gasteiger partial charge in [-0.15, -0.1) is 0 Å². The van der Waals surface area contributed by atoms with Gasteiger partial charge in [-0.2, -0.15) is 0 Å². The summed E-state index contributed by atoms with van der Waals surface area (Å²) in [6.07, 6.45) is 6.58. The summed E-state index contributed by atoms with van der Waals surface area (Å²) in [4.78, 5) is 31.2. The molecule has 4 rings (SSSR count). The van der Waals surface area contributed by atoms with Crippen LogP contribution in [-0.2, 0) is 0 Å². The van der Waals surface area contributed by atoms with E-state index in [0.29, 0.717) is 11.6 Å². The molecule has 0 aliphatic carbocycles. The molecule has 120 valence electrons. The van der Waals surface area contributed by atoms with Crippen molar-refractivity contribution in [1.82, 2.24) is 24.8 Å². The minimum Gasteiger partial charge on any atom is -0.337 e. The lowest BCUT2D eigenvalue weighted by Gasteiger charge is -2.31. The van der Waals surface area contributed by atoms with Crippen LogP contribution in [0.15, 0.2) is 49.1 Å². The van der Waals surface area contributed by atoms with Gasteiger partial charge in [-0.1, -0.05) is 0 Å². The molecule has 1 fully saturated rings.